The fourth-order valence-corrected chi connectivity index (χ4v) is 3.49. The lowest BCUT2D eigenvalue weighted by atomic mass is 10.1. The lowest BCUT2D eigenvalue weighted by molar-refractivity contribution is 0.894. The van der Waals surface area contributed by atoms with Gasteiger partial charge in [-0.2, -0.15) is 0 Å². The summed E-state index contributed by atoms with van der Waals surface area (Å²) >= 11 is 0. The minimum absolute atomic E-state index is 0.390. The molecule has 140 valence electrons. The van der Waals surface area contributed by atoms with Crippen LogP contribution in [0.2, 0.25) is 0 Å². The summed E-state index contributed by atoms with van der Waals surface area (Å²) in [5.74, 6) is 0.860. The predicted octanol–water partition coefficient (Wildman–Crippen LogP) is 4.27. The van der Waals surface area contributed by atoms with Gasteiger partial charge in [-0.05, 0) is 44.5 Å². The second kappa shape index (κ2) is 7.31. The van der Waals surface area contributed by atoms with Crippen LogP contribution in [0.5, 0.6) is 0 Å². The van der Waals surface area contributed by atoms with Crippen LogP contribution >= 0.6 is 0 Å². The molecule has 3 N–H and O–H groups in total. The number of hydrogen-bond acceptors (Lipinski definition) is 6. The lowest BCUT2D eigenvalue weighted by Gasteiger charge is -2.17. The molecule has 0 atom stereocenters. The first-order chi connectivity index (χ1) is 13.2. The van der Waals surface area contributed by atoms with Crippen molar-refractivity contribution < 1.29 is 0 Å². The maximum Gasteiger partial charge on any atom is 0.137 e. The number of nitrogens with one attached hydrogen (secondary N) is 3. The van der Waals surface area contributed by atoms with Gasteiger partial charge in [0.05, 0.1) is 23.6 Å². The van der Waals surface area contributed by atoms with Crippen molar-refractivity contribution in [2.75, 3.05) is 34.1 Å². The molecule has 1 aromatic heterocycles. The molecule has 2 aromatic carbocycles. The highest BCUT2D eigenvalue weighted by atomic mass is 15.3. The standard InChI is InChI=1S/C21H26N6/c1-4-27-13-25-19-9-16-18(10-20(19)27)23-12-24-21(16)22-11-15-7-5-6-8-17(15)26-14(2)3/h5-10,12,14,25-26H,4,11,13H2,1-3H3,(H,22,23,24). The third-order valence-electron chi connectivity index (χ3n) is 4.84. The molecule has 0 aliphatic carbocycles. The van der Waals surface area contributed by atoms with Gasteiger partial charge in [-0.1, -0.05) is 18.2 Å². The van der Waals surface area contributed by atoms with Crippen molar-refractivity contribution in [3.63, 3.8) is 0 Å². The predicted molar refractivity (Wildman–Crippen MR) is 114 cm³/mol. The fraction of sp³-hybridized carbons (Fsp3) is 0.333. The van der Waals surface area contributed by atoms with Crippen molar-refractivity contribution in [2.24, 2.45) is 0 Å². The van der Waals surface area contributed by atoms with Gasteiger partial charge in [-0.3, -0.25) is 0 Å². The highest BCUT2D eigenvalue weighted by molar-refractivity contribution is 5.97. The van der Waals surface area contributed by atoms with E-state index in [4.69, 9.17) is 0 Å². The molecule has 6 heteroatoms. The molecule has 0 bridgehead atoms. The summed E-state index contributed by atoms with van der Waals surface area (Å²) in [6.07, 6.45) is 1.63. The highest BCUT2D eigenvalue weighted by Crippen LogP contribution is 2.36. The number of nitrogens with zero attached hydrogens (tertiary/aromatic N) is 3. The Bertz CT molecular complexity index is 953. The molecule has 0 radical (unpaired) electrons. The molecule has 2 heterocycles. The molecular weight excluding hydrogens is 336 g/mol. The number of rotatable bonds is 6. The summed E-state index contributed by atoms with van der Waals surface area (Å²) in [5.41, 5.74) is 5.68. The molecule has 0 saturated carbocycles. The second-order valence-corrected chi connectivity index (χ2v) is 7.11. The summed E-state index contributed by atoms with van der Waals surface area (Å²) in [7, 11) is 0. The molecule has 3 aromatic rings. The Morgan fingerprint density at radius 1 is 1.19 bits per heavy atom. The van der Waals surface area contributed by atoms with E-state index in [1.807, 2.05) is 0 Å². The van der Waals surface area contributed by atoms with E-state index in [1.165, 1.54) is 11.3 Å². The smallest absolute Gasteiger partial charge is 0.137 e. The molecule has 1 aliphatic rings. The van der Waals surface area contributed by atoms with Gasteiger partial charge in [-0.25, -0.2) is 9.97 Å². The quantitative estimate of drug-likeness (QED) is 0.608. The highest BCUT2D eigenvalue weighted by Gasteiger charge is 2.19. The average Bonchev–Trinajstić information content (AvgIpc) is 3.07. The third kappa shape index (κ3) is 3.47. The van der Waals surface area contributed by atoms with Gasteiger partial charge < -0.3 is 20.9 Å². The van der Waals surface area contributed by atoms with E-state index in [0.717, 1.165) is 41.3 Å². The Labute approximate surface area is 160 Å². The van der Waals surface area contributed by atoms with Gasteiger partial charge in [-0.15, -0.1) is 0 Å². The summed E-state index contributed by atoms with van der Waals surface area (Å²) < 4.78 is 0. The van der Waals surface area contributed by atoms with Crippen LogP contribution in [0.25, 0.3) is 10.9 Å². The van der Waals surface area contributed by atoms with Crippen LogP contribution in [0.1, 0.15) is 26.3 Å². The first-order valence-corrected chi connectivity index (χ1v) is 9.51. The summed E-state index contributed by atoms with van der Waals surface area (Å²) in [6, 6.07) is 13.1. The van der Waals surface area contributed by atoms with E-state index in [2.05, 4.69) is 88.0 Å². The van der Waals surface area contributed by atoms with Crippen molar-refractivity contribution >= 4 is 33.8 Å². The molecular formula is C21H26N6. The Morgan fingerprint density at radius 3 is 2.85 bits per heavy atom. The van der Waals surface area contributed by atoms with Crippen LogP contribution in [0.3, 0.4) is 0 Å². The maximum absolute atomic E-state index is 4.49. The van der Waals surface area contributed by atoms with Crippen LogP contribution in [0.15, 0.2) is 42.7 Å². The van der Waals surface area contributed by atoms with Crippen molar-refractivity contribution in [1.29, 1.82) is 0 Å². The Hall–Kier alpha value is -3.02. The zero-order chi connectivity index (χ0) is 18.8. The number of benzene rings is 2. The van der Waals surface area contributed by atoms with Crippen molar-refractivity contribution in [1.82, 2.24) is 9.97 Å². The second-order valence-electron chi connectivity index (χ2n) is 7.11. The number of aromatic nitrogens is 2. The molecule has 4 rings (SSSR count). The summed E-state index contributed by atoms with van der Waals surface area (Å²) in [6.45, 7) is 8.97. The first-order valence-electron chi connectivity index (χ1n) is 9.51. The van der Waals surface area contributed by atoms with Crippen molar-refractivity contribution in [2.45, 2.75) is 33.4 Å². The topological polar surface area (TPSA) is 65.1 Å². The molecule has 1 aliphatic heterocycles. The number of anilines is 4. The van der Waals surface area contributed by atoms with Crippen molar-refractivity contribution in [3.8, 4) is 0 Å². The normalized spacial score (nSPS) is 13.0. The van der Waals surface area contributed by atoms with E-state index >= 15 is 0 Å². The number of hydrogen-bond donors (Lipinski definition) is 3. The molecule has 27 heavy (non-hydrogen) atoms. The van der Waals surface area contributed by atoms with Crippen LogP contribution < -0.4 is 20.9 Å². The zero-order valence-electron chi connectivity index (χ0n) is 16.1. The lowest BCUT2D eigenvalue weighted by Crippen LogP contribution is -2.21. The molecule has 0 spiro atoms. The number of fused-ring (bicyclic) bond motifs is 2. The van der Waals surface area contributed by atoms with Crippen LogP contribution in [0.4, 0.5) is 22.9 Å². The third-order valence-corrected chi connectivity index (χ3v) is 4.84. The zero-order valence-corrected chi connectivity index (χ0v) is 16.1. The van der Waals surface area contributed by atoms with Crippen LogP contribution in [-0.4, -0.2) is 29.2 Å². The molecule has 0 unspecified atom stereocenters. The average molecular weight is 362 g/mol. The number of para-hydroxylation sites is 1. The monoisotopic (exact) mass is 362 g/mol. The Kier molecular flexibility index (Phi) is 4.71. The maximum atomic E-state index is 4.49. The van der Waals surface area contributed by atoms with E-state index in [1.54, 1.807) is 6.33 Å². The van der Waals surface area contributed by atoms with E-state index < -0.39 is 0 Å². The molecule has 0 saturated heterocycles. The van der Waals surface area contributed by atoms with Crippen molar-refractivity contribution in [3.05, 3.63) is 48.3 Å². The largest absolute Gasteiger partial charge is 0.383 e. The van der Waals surface area contributed by atoms with E-state index in [0.29, 0.717) is 12.6 Å². The minimum Gasteiger partial charge on any atom is -0.383 e. The SMILES string of the molecule is CCN1CNc2cc3c(NCc4ccccc4NC(C)C)ncnc3cc21. The van der Waals surface area contributed by atoms with Crippen LogP contribution in [-0.2, 0) is 6.54 Å². The first kappa shape index (κ1) is 17.4. The van der Waals surface area contributed by atoms with Gasteiger partial charge in [0, 0.05) is 30.2 Å². The Balaban J connectivity index is 1.62. The summed E-state index contributed by atoms with van der Waals surface area (Å²) in [4.78, 5) is 11.3. The van der Waals surface area contributed by atoms with Gasteiger partial charge in [0.25, 0.3) is 0 Å². The van der Waals surface area contributed by atoms with Gasteiger partial charge in [0.1, 0.15) is 12.1 Å². The molecule has 6 nitrogen and oxygen atoms in total. The molecule has 0 fully saturated rings. The van der Waals surface area contributed by atoms with E-state index in [9.17, 15) is 0 Å². The fourth-order valence-electron chi connectivity index (χ4n) is 3.49. The van der Waals surface area contributed by atoms with Gasteiger partial charge >= 0.3 is 0 Å². The van der Waals surface area contributed by atoms with Gasteiger partial charge in [0.2, 0.25) is 0 Å². The van der Waals surface area contributed by atoms with Gasteiger partial charge in [0.15, 0.2) is 0 Å². The van der Waals surface area contributed by atoms with E-state index in [-0.39, 0.29) is 0 Å². The minimum atomic E-state index is 0.390. The molecule has 0 amide bonds. The Morgan fingerprint density at radius 2 is 2.04 bits per heavy atom. The summed E-state index contributed by atoms with van der Waals surface area (Å²) in [5, 5.41) is 11.5. The van der Waals surface area contributed by atoms with Crippen LogP contribution in [0, 0.1) is 0 Å².